The Morgan fingerprint density at radius 1 is 1.13 bits per heavy atom. The summed E-state index contributed by atoms with van der Waals surface area (Å²) in [5.41, 5.74) is 0.560. The summed E-state index contributed by atoms with van der Waals surface area (Å²) in [6, 6.07) is 7.82. The molecule has 6 heteroatoms. The van der Waals surface area contributed by atoms with E-state index in [0.717, 1.165) is 24.4 Å². The molecule has 0 fully saturated rings. The fraction of sp³-hybridized carbons (Fsp3) is 0.588. The van der Waals surface area contributed by atoms with Crippen LogP contribution in [0.5, 0.6) is 5.75 Å². The minimum atomic E-state index is -0.485. The molecule has 0 bridgehead atoms. The van der Waals surface area contributed by atoms with Crippen LogP contribution >= 0.6 is 12.4 Å². The van der Waals surface area contributed by atoms with Crippen molar-refractivity contribution in [2.45, 2.75) is 20.3 Å². The topological polar surface area (TPSA) is 59.6 Å². The first-order valence-electron chi connectivity index (χ1n) is 7.61. The summed E-state index contributed by atoms with van der Waals surface area (Å²) in [5.74, 6) is 0.872. The Balaban J connectivity index is 0.00000484. The van der Waals surface area contributed by atoms with E-state index in [2.05, 4.69) is 10.6 Å². The zero-order valence-corrected chi connectivity index (χ0v) is 15.3. The average Bonchev–Trinajstić information content (AvgIpc) is 2.50. The van der Waals surface area contributed by atoms with Gasteiger partial charge in [0.15, 0.2) is 0 Å². The zero-order chi connectivity index (χ0) is 16.4. The molecule has 2 N–H and O–H groups in total. The molecule has 0 spiro atoms. The first-order chi connectivity index (χ1) is 10.5. The van der Waals surface area contributed by atoms with Crippen LogP contribution in [0.4, 0.5) is 0 Å². The number of hydrogen-bond acceptors (Lipinski definition) is 4. The van der Waals surface area contributed by atoms with Crippen LogP contribution in [0.2, 0.25) is 0 Å². The maximum Gasteiger partial charge on any atom is 0.226 e. The highest BCUT2D eigenvalue weighted by Crippen LogP contribution is 2.27. The predicted octanol–water partition coefficient (Wildman–Crippen LogP) is 2.04. The van der Waals surface area contributed by atoms with Crippen molar-refractivity contribution in [1.82, 2.24) is 10.6 Å². The van der Waals surface area contributed by atoms with Crippen LogP contribution in [0, 0.1) is 5.41 Å². The summed E-state index contributed by atoms with van der Waals surface area (Å²) >= 11 is 0. The molecular weight excluding hydrogens is 316 g/mol. The smallest absolute Gasteiger partial charge is 0.226 e. The highest BCUT2D eigenvalue weighted by molar-refractivity contribution is 5.85. The van der Waals surface area contributed by atoms with E-state index in [1.165, 1.54) is 0 Å². The van der Waals surface area contributed by atoms with Gasteiger partial charge in [0.25, 0.3) is 0 Å². The van der Waals surface area contributed by atoms with E-state index in [-0.39, 0.29) is 18.3 Å². The molecule has 0 aliphatic heterocycles. The highest BCUT2D eigenvalue weighted by atomic mass is 35.5. The lowest BCUT2D eigenvalue weighted by atomic mass is 9.84. The molecule has 23 heavy (non-hydrogen) atoms. The number of rotatable bonds is 10. The molecule has 0 aliphatic rings. The first-order valence-corrected chi connectivity index (χ1v) is 7.61. The molecule has 0 saturated carbocycles. The lowest BCUT2D eigenvalue weighted by Gasteiger charge is -2.24. The number of para-hydroxylation sites is 1. The molecule has 0 radical (unpaired) electrons. The number of carbonyl (C=O) groups is 1. The fourth-order valence-corrected chi connectivity index (χ4v) is 2.21. The molecule has 1 aromatic carbocycles. The van der Waals surface area contributed by atoms with Crippen LogP contribution in [0.3, 0.4) is 0 Å². The Morgan fingerprint density at radius 2 is 1.83 bits per heavy atom. The van der Waals surface area contributed by atoms with Gasteiger partial charge < -0.3 is 20.1 Å². The second kappa shape index (κ2) is 11.3. The Kier molecular flexibility index (Phi) is 10.6. The van der Waals surface area contributed by atoms with Crippen molar-refractivity contribution in [3.05, 3.63) is 29.8 Å². The second-order valence-corrected chi connectivity index (χ2v) is 5.87. The van der Waals surface area contributed by atoms with Crippen molar-refractivity contribution in [1.29, 1.82) is 0 Å². The van der Waals surface area contributed by atoms with Gasteiger partial charge in [-0.2, -0.15) is 0 Å². The van der Waals surface area contributed by atoms with Crippen molar-refractivity contribution in [3.63, 3.8) is 0 Å². The molecule has 0 saturated heterocycles. The van der Waals surface area contributed by atoms with Crippen LogP contribution < -0.4 is 15.4 Å². The third kappa shape index (κ3) is 7.68. The molecule has 132 valence electrons. The standard InChI is InChI=1S/C17H28N2O3.ClH/c1-17(2,13-14-7-5-6-8-15(14)22-4)16(20)19-10-9-18-11-12-21-3;/h5-8,18H,9-13H2,1-4H3,(H,19,20);1H. The van der Waals surface area contributed by atoms with Gasteiger partial charge in [-0.25, -0.2) is 0 Å². The first kappa shape index (κ1) is 21.7. The third-order valence-electron chi connectivity index (χ3n) is 3.51. The largest absolute Gasteiger partial charge is 0.496 e. The van der Waals surface area contributed by atoms with Gasteiger partial charge in [-0.15, -0.1) is 12.4 Å². The van der Waals surface area contributed by atoms with Crippen molar-refractivity contribution in [2.24, 2.45) is 5.41 Å². The van der Waals surface area contributed by atoms with Crippen molar-refractivity contribution in [3.8, 4) is 5.75 Å². The molecule has 1 aromatic rings. The van der Waals surface area contributed by atoms with Crippen molar-refractivity contribution in [2.75, 3.05) is 40.5 Å². The number of carbonyl (C=O) groups excluding carboxylic acids is 1. The van der Waals surface area contributed by atoms with E-state index in [9.17, 15) is 4.79 Å². The van der Waals surface area contributed by atoms with E-state index >= 15 is 0 Å². The predicted molar refractivity (Wildman–Crippen MR) is 95.5 cm³/mol. The van der Waals surface area contributed by atoms with Gasteiger partial charge in [0.05, 0.1) is 13.7 Å². The van der Waals surface area contributed by atoms with Crippen LogP contribution in [-0.4, -0.2) is 46.4 Å². The van der Waals surface area contributed by atoms with Crippen LogP contribution in [-0.2, 0) is 16.0 Å². The lowest BCUT2D eigenvalue weighted by Crippen LogP contribution is -2.41. The number of benzene rings is 1. The van der Waals surface area contributed by atoms with Gasteiger partial charge in [0.2, 0.25) is 5.91 Å². The number of halogens is 1. The van der Waals surface area contributed by atoms with Crippen LogP contribution in [0.1, 0.15) is 19.4 Å². The molecule has 1 amide bonds. The number of methoxy groups -OCH3 is 2. The Bertz CT molecular complexity index is 467. The highest BCUT2D eigenvalue weighted by Gasteiger charge is 2.28. The van der Waals surface area contributed by atoms with Crippen molar-refractivity contribution >= 4 is 18.3 Å². The summed E-state index contributed by atoms with van der Waals surface area (Å²) in [6.45, 7) is 6.71. The number of nitrogens with one attached hydrogen (secondary N) is 2. The monoisotopic (exact) mass is 344 g/mol. The molecular formula is C17H29ClN2O3. The molecule has 0 aromatic heterocycles. The average molecular weight is 345 g/mol. The number of amides is 1. The van der Waals surface area contributed by atoms with E-state index < -0.39 is 5.41 Å². The van der Waals surface area contributed by atoms with Crippen molar-refractivity contribution < 1.29 is 14.3 Å². The Hall–Kier alpha value is -1.30. The maximum atomic E-state index is 12.4. The van der Waals surface area contributed by atoms with Gasteiger partial charge in [-0.1, -0.05) is 32.0 Å². The van der Waals surface area contributed by atoms with Crippen LogP contribution in [0.25, 0.3) is 0 Å². The molecule has 0 unspecified atom stereocenters. The zero-order valence-electron chi connectivity index (χ0n) is 14.5. The van der Waals surface area contributed by atoms with Gasteiger partial charge in [0.1, 0.15) is 5.75 Å². The fourth-order valence-electron chi connectivity index (χ4n) is 2.21. The second-order valence-electron chi connectivity index (χ2n) is 5.87. The van der Waals surface area contributed by atoms with Crippen LogP contribution in [0.15, 0.2) is 24.3 Å². The minimum Gasteiger partial charge on any atom is -0.496 e. The summed E-state index contributed by atoms with van der Waals surface area (Å²) in [5, 5.41) is 6.18. The van der Waals surface area contributed by atoms with Gasteiger partial charge in [0, 0.05) is 32.2 Å². The molecule has 0 heterocycles. The SMILES string of the molecule is COCCNCCNC(=O)C(C)(C)Cc1ccccc1OC.Cl. The summed E-state index contributed by atoms with van der Waals surface area (Å²) < 4.78 is 10.3. The quantitative estimate of drug-likeness (QED) is 0.638. The van der Waals surface area contributed by atoms with Gasteiger partial charge in [-0.05, 0) is 18.1 Å². The van der Waals surface area contributed by atoms with E-state index in [4.69, 9.17) is 9.47 Å². The van der Waals surface area contributed by atoms with E-state index in [0.29, 0.717) is 19.6 Å². The van der Waals surface area contributed by atoms with Gasteiger partial charge in [-0.3, -0.25) is 4.79 Å². The Labute approximate surface area is 145 Å². The summed E-state index contributed by atoms with van der Waals surface area (Å²) in [6.07, 6.45) is 0.639. The number of hydrogen-bond donors (Lipinski definition) is 2. The van der Waals surface area contributed by atoms with E-state index in [1.54, 1.807) is 14.2 Å². The maximum absolute atomic E-state index is 12.4. The molecule has 0 aliphatic carbocycles. The molecule has 0 atom stereocenters. The molecule has 1 rings (SSSR count). The molecule has 5 nitrogen and oxygen atoms in total. The lowest BCUT2D eigenvalue weighted by molar-refractivity contribution is -0.129. The van der Waals surface area contributed by atoms with Gasteiger partial charge >= 0.3 is 0 Å². The minimum absolute atomic E-state index is 0. The summed E-state index contributed by atoms with van der Waals surface area (Å²) in [7, 11) is 3.32. The van der Waals surface area contributed by atoms with E-state index in [1.807, 2.05) is 38.1 Å². The Morgan fingerprint density at radius 3 is 2.48 bits per heavy atom. The summed E-state index contributed by atoms with van der Waals surface area (Å²) in [4.78, 5) is 12.4. The number of ether oxygens (including phenoxy) is 2. The third-order valence-corrected chi connectivity index (χ3v) is 3.51. The normalized spacial score (nSPS) is 10.8.